The topological polar surface area (TPSA) is 71.1 Å². The number of aryl methyl sites for hydroxylation is 1. The second-order valence-corrected chi connectivity index (χ2v) is 10.0. The van der Waals surface area contributed by atoms with Gasteiger partial charge in [-0.3, -0.25) is 9.59 Å². The molecule has 2 heterocycles. The van der Waals surface area contributed by atoms with Crippen LogP contribution in [-0.4, -0.2) is 23.0 Å². The van der Waals surface area contributed by atoms with Gasteiger partial charge in [-0.2, -0.15) is 0 Å². The molecular weight excluding hydrogens is 441 g/mol. The van der Waals surface area contributed by atoms with Crippen LogP contribution in [0, 0.1) is 5.92 Å². The van der Waals surface area contributed by atoms with Crippen molar-refractivity contribution in [2.45, 2.75) is 44.8 Å². The van der Waals surface area contributed by atoms with Gasteiger partial charge in [-0.1, -0.05) is 0 Å². The molecule has 0 spiro atoms. The molecule has 0 aliphatic heterocycles. The Bertz CT molecular complexity index is 866. The minimum atomic E-state index is -1.05. The summed E-state index contributed by atoms with van der Waals surface area (Å²) in [4.78, 5) is 31.2. The smallest absolute Gasteiger partial charge is 0.254 e. The van der Waals surface area contributed by atoms with Crippen LogP contribution in [0.2, 0.25) is 0 Å². The summed E-state index contributed by atoms with van der Waals surface area (Å²) in [6.07, 6.45) is 4.83. The molecule has 0 radical (unpaired) electrons. The van der Waals surface area contributed by atoms with E-state index in [1.165, 1.54) is 22.7 Å². The third-order valence-corrected chi connectivity index (χ3v) is 7.32. The number of hydrogen-bond acceptors (Lipinski definition) is 5. The highest BCUT2D eigenvalue weighted by atomic mass is 79.9. The van der Waals surface area contributed by atoms with Gasteiger partial charge in [-0.15, -0.1) is 22.7 Å². The molecule has 5 nitrogen and oxygen atoms in total. The molecule has 9 heteroatoms. The van der Waals surface area contributed by atoms with Crippen molar-refractivity contribution >= 4 is 55.4 Å². The Morgan fingerprint density at radius 3 is 2.77 bits per heavy atom. The van der Waals surface area contributed by atoms with Crippen molar-refractivity contribution in [1.29, 1.82) is 0 Å². The highest BCUT2D eigenvalue weighted by Gasteiger charge is 2.44. The molecule has 1 fully saturated rings. The molecule has 4 rings (SSSR count). The first-order valence-corrected chi connectivity index (χ1v) is 10.9. The Kier molecular flexibility index (Phi) is 5.11. The molecule has 138 valence electrons. The van der Waals surface area contributed by atoms with Gasteiger partial charge in [0.1, 0.15) is 11.2 Å². The number of thiazole rings is 1. The first-order chi connectivity index (χ1) is 12.5. The molecule has 2 aliphatic rings. The van der Waals surface area contributed by atoms with E-state index in [4.69, 9.17) is 0 Å². The van der Waals surface area contributed by atoms with E-state index in [0.29, 0.717) is 17.1 Å². The molecule has 26 heavy (non-hydrogen) atoms. The van der Waals surface area contributed by atoms with E-state index < -0.39 is 12.1 Å². The zero-order valence-electron chi connectivity index (χ0n) is 13.8. The summed E-state index contributed by atoms with van der Waals surface area (Å²) in [5.41, 5.74) is 1.59. The van der Waals surface area contributed by atoms with Gasteiger partial charge in [0.05, 0.1) is 18.0 Å². The molecular formula is C17H17BrFN3O2S2. The van der Waals surface area contributed by atoms with E-state index in [1.54, 1.807) is 6.20 Å². The first kappa shape index (κ1) is 18.1. The first-order valence-electron chi connectivity index (χ1n) is 8.51. The quantitative estimate of drug-likeness (QED) is 0.710. The van der Waals surface area contributed by atoms with Crippen molar-refractivity contribution in [2.75, 3.05) is 5.32 Å². The number of hydrogen-bond donors (Lipinski definition) is 2. The van der Waals surface area contributed by atoms with Crippen LogP contribution in [0.3, 0.4) is 0 Å². The Hall–Kier alpha value is -1.32. The summed E-state index contributed by atoms with van der Waals surface area (Å²) in [6.45, 7) is 0.384. The lowest BCUT2D eigenvalue weighted by Gasteiger charge is -2.13. The zero-order valence-corrected chi connectivity index (χ0v) is 17.0. The molecule has 2 amide bonds. The number of anilines is 1. The van der Waals surface area contributed by atoms with Gasteiger partial charge < -0.3 is 10.6 Å². The number of carbonyl (C=O) groups excluding carboxylic acids is 2. The summed E-state index contributed by atoms with van der Waals surface area (Å²) in [7, 11) is 0. The van der Waals surface area contributed by atoms with Gasteiger partial charge in [-0.05, 0) is 53.6 Å². The Balaban J connectivity index is 1.55. The molecule has 2 aromatic heterocycles. The molecule has 0 bridgehead atoms. The van der Waals surface area contributed by atoms with Crippen molar-refractivity contribution in [3.63, 3.8) is 0 Å². The second kappa shape index (κ2) is 7.36. The van der Waals surface area contributed by atoms with Gasteiger partial charge in [-0.25, -0.2) is 9.37 Å². The van der Waals surface area contributed by atoms with Gasteiger partial charge in [0.25, 0.3) is 5.91 Å². The maximum atomic E-state index is 13.2. The molecule has 2 aromatic rings. The van der Waals surface area contributed by atoms with Crippen LogP contribution in [0.15, 0.2) is 10.1 Å². The van der Waals surface area contributed by atoms with Crippen molar-refractivity contribution in [3.05, 3.63) is 31.0 Å². The number of thiophene rings is 1. The summed E-state index contributed by atoms with van der Waals surface area (Å²) < 4.78 is 14.0. The number of carbonyl (C=O) groups is 2. The third-order valence-electron chi connectivity index (χ3n) is 4.63. The fourth-order valence-electron chi connectivity index (χ4n) is 3.16. The van der Waals surface area contributed by atoms with Gasteiger partial charge in [0.15, 0.2) is 3.92 Å². The summed E-state index contributed by atoms with van der Waals surface area (Å²) >= 11 is 6.23. The lowest BCUT2D eigenvalue weighted by atomic mass is 9.95. The maximum Gasteiger partial charge on any atom is 0.254 e. The predicted molar refractivity (Wildman–Crippen MR) is 104 cm³/mol. The number of nitrogens with zero attached hydrogens (tertiary/aromatic N) is 1. The Labute approximate surface area is 166 Å². The lowest BCUT2D eigenvalue weighted by Crippen LogP contribution is -2.25. The molecule has 0 aromatic carbocycles. The number of halogens is 2. The number of alkyl halides is 1. The van der Waals surface area contributed by atoms with Gasteiger partial charge in [0, 0.05) is 16.0 Å². The van der Waals surface area contributed by atoms with Gasteiger partial charge in [0.2, 0.25) is 5.91 Å². The second-order valence-electron chi connectivity index (χ2n) is 6.52. The summed E-state index contributed by atoms with van der Waals surface area (Å²) in [5.74, 6) is -1.09. The van der Waals surface area contributed by atoms with Crippen LogP contribution in [0.4, 0.5) is 9.39 Å². The molecule has 1 saturated carbocycles. The summed E-state index contributed by atoms with van der Waals surface area (Å²) in [6, 6.07) is 0. The van der Waals surface area contributed by atoms with Crippen molar-refractivity contribution in [2.24, 2.45) is 5.92 Å². The molecule has 0 saturated heterocycles. The van der Waals surface area contributed by atoms with E-state index in [9.17, 15) is 14.0 Å². The lowest BCUT2D eigenvalue weighted by molar-refractivity contribution is -0.117. The summed E-state index contributed by atoms with van der Waals surface area (Å²) in [5, 5.41) is 6.29. The highest BCUT2D eigenvalue weighted by molar-refractivity contribution is 9.11. The van der Waals surface area contributed by atoms with Gasteiger partial charge >= 0.3 is 0 Å². The third kappa shape index (κ3) is 3.70. The minimum absolute atomic E-state index is 0.197. The molecule has 2 N–H and O–H groups in total. The molecule has 2 atom stereocenters. The fourth-order valence-corrected chi connectivity index (χ4v) is 5.74. The largest absolute Gasteiger partial charge is 0.347 e. The average Bonchev–Trinajstić information content (AvgIpc) is 3.04. The van der Waals surface area contributed by atoms with E-state index in [2.05, 4.69) is 31.5 Å². The number of amides is 2. The monoisotopic (exact) mass is 457 g/mol. The maximum absolute atomic E-state index is 13.2. The van der Waals surface area contributed by atoms with Crippen molar-refractivity contribution in [3.8, 4) is 0 Å². The van der Waals surface area contributed by atoms with Crippen molar-refractivity contribution in [1.82, 2.24) is 10.3 Å². The van der Waals surface area contributed by atoms with Crippen LogP contribution in [0.25, 0.3) is 0 Å². The number of nitrogens with one attached hydrogen (secondary N) is 2. The van der Waals surface area contributed by atoms with Crippen LogP contribution in [0.1, 0.15) is 44.9 Å². The normalized spacial score (nSPS) is 21.2. The Morgan fingerprint density at radius 2 is 2.08 bits per heavy atom. The predicted octanol–water partition coefficient (Wildman–Crippen LogP) is 4.07. The molecule has 2 aliphatic carbocycles. The fraction of sp³-hybridized carbons (Fsp3) is 0.471. The molecule has 0 unspecified atom stereocenters. The number of fused-ring (bicyclic) bond motifs is 1. The van der Waals surface area contributed by atoms with Crippen LogP contribution in [0.5, 0.6) is 0 Å². The number of aromatic nitrogens is 1. The SMILES string of the molecule is O=C(NCc1cnc(Br)s1)c1c(NC(=O)[C@@H]2C[C@@H]2F)sc2c1CCCC2. The van der Waals surface area contributed by atoms with Crippen LogP contribution >= 0.6 is 38.6 Å². The highest BCUT2D eigenvalue weighted by Crippen LogP contribution is 2.40. The van der Waals surface area contributed by atoms with E-state index >= 15 is 0 Å². The zero-order chi connectivity index (χ0) is 18.3. The van der Waals surface area contributed by atoms with E-state index in [-0.39, 0.29) is 18.2 Å². The van der Waals surface area contributed by atoms with Crippen LogP contribution in [-0.2, 0) is 24.2 Å². The minimum Gasteiger partial charge on any atom is -0.347 e. The number of rotatable bonds is 5. The van der Waals surface area contributed by atoms with Crippen LogP contribution < -0.4 is 10.6 Å². The van der Waals surface area contributed by atoms with Crippen molar-refractivity contribution < 1.29 is 14.0 Å². The van der Waals surface area contributed by atoms with E-state index in [0.717, 1.165) is 44.9 Å². The Morgan fingerprint density at radius 1 is 1.31 bits per heavy atom. The standard InChI is InChI=1S/C17H17BrFN3O2S2/c18-17-21-7-8(25-17)6-20-15(24)13-9-3-1-2-4-12(9)26-16(13)22-14(23)10-5-11(10)19/h7,10-11H,1-6H2,(H,20,24)(H,22,23)/t10-,11+/m1/s1. The average molecular weight is 458 g/mol. The van der Waals surface area contributed by atoms with E-state index in [1.807, 2.05) is 0 Å².